The summed E-state index contributed by atoms with van der Waals surface area (Å²) in [6.45, 7) is 1.77. The number of carboxylic acid groups (broad SMARTS) is 1. The molecule has 1 aromatic carbocycles. The minimum Gasteiger partial charge on any atom is -0.478 e. The van der Waals surface area contributed by atoms with Crippen LogP contribution < -0.4 is 11.1 Å². The number of amides is 1. The van der Waals surface area contributed by atoms with Crippen LogP contribution in [0, 0.1) is 0 Å². The molecule has 0 saturated carbocycles. The van der Waals surface area contributed by atoms with Gasteiger partial charge in [0, 0.05) is 6.42 Å². The van der Waals surface area contributed by atoms with Crippen LogP contribution in [0.3, 0.4) is 0 Å². The highest BCUT2D eigenvalue weighted by molar-refractivity contribution is 6.08. The van der Waals surface area contributed by atoms with Crippen LogP contribution in [0.5, 0.6) is 0 Å². The van der Waals surface area contributed by atoms with Crippen molar-refractivity contribution in [2.75, 3.05) is 5.43 Å². The molecule has 0 atom stereocenters. The highest BCUT2D eigenvalue weighted by Gasteiger charge is 2.17. The van der Waals surface area contributed by atoms with Gasteiger partial charge in [0.05, 0.1) is 11.1 Å². The summed E-state index contributed by atoms with van der Waals surface area (Å²) in [6.07, 6.45) is 0.430. The van der Waals surface area contributed by atoms with Crippen molar-refractivity contribution in [1.29, 1.82) is 0 Å². The Labute approximate surface area is 113 Å². The van der Waals surface area contributed by atoms with Gasteiger partial charge in [-0.1, -0.05) is 19.1 Å². The molecule has 0 bridgehead atoms. The lowest BCUT2D eigenvalue weighted by atomic mass is 10.1. The van der Waals surface area contributed by atoms with Crippen LogP contribution >= 0.6 is 0 Å². The maximum absolute atomic E-state index is 12.1. The largest absolute Gasteiger partial charge is 0.478 e. The molecule has 8 nitrogen and oxygen atoms in total. The Morgan fingerprint density at radius 3 is 2.60 bits per heavy atom. The summed E-state index contributed by atoms with van der Waals surface area (Å²) in [7, 11) is 0. The Hall–Kier alpha value is -2.90. The first-order chi connectivity index (χ1) is 9.54. The molecular formula is C12H12N4O4. The van der Waals surface area contributed by atoms with Crippen LogP contribution in [0.1, 0.15) is 33.5 Å². The summed E-state index contributed by atoms with van der Waals surface area (Å²) in [6, 6.07) is 5.74. The quantitative estimate of drug-likeness (QED) is 0.738. The molecule has 1 amide bonds. The number of aryl methyl sites for hydroxylation is 1. The molecule has 0 aliphatic rings. The van der Waals surface area contributed by atoms with E-state index in [4.69, 9.17) is 5.11 Å². The Bertz CT molecular complexity index is 716. The Balaban J connectivity index is 2.36. The second-order valence-electron chi connectivity index (χ2n) is 3.93. The fourth-order valence-corrected chi connectivity index (χ4v) is 1.71. The fraction of sp³-hybridized carbons (Fsp3) is 0.167. The Morgan fingerprint density at radius 2 is 2.00 bits per heavy atom. The third kappa shape index (κ3) is 2.44. The van der Waals surface area contributed by atoms with Crippen LogP contribution in [0.2, 0.25) is 0 Å². The predicted octanol–water partition coefficient (Wildman–Crippen LogP) is 0.216. The van der Waals surface area contributed by atoms with Crippen LogP contribution in [0.4, 0.5) is 0 Å². The van der Waals surface area contributed by atoms with Crippen LogP contribution in [-0.2, 0) is 6.42 Å². The molecule has 104 valence electrons. The highest BCUT2D eigenvalue weighted by atomic mass is 16.4. The van der Waals surface area contributed by atoms with Crippen molar-refractivity contribution >= 4 is 11.9 Å². The van der Waals surface area contributed by atoms with Crippen molar-refractivity contribution in [2.45, 2.75) is 13.3 Å². The lowest BCUT2D eigenvalue weighted by molar-refractivity contribution is 0.0692. The van der Waals surface area contributed by atoms with Crippen LogP contribution in [0.15, 0.2) is 29.1 Å². The number of hydrogen-bond donors (Lipinski definition) is 3. The number of H-pyrrole nitrogens is 1. The number of aromatic carboxylic acids is 1. The molecule has 0 unspecified atom stereocenters. The standard InChI is InChI=1S/C12H12N4O4/c1-2-9-13-14-12(20)16(9)15-10(17)7-5-3-4-6-8(7)11(18)19/h3-6H,2H2,1H3,(H,14,20)(H,15,17)(H,18,19). The van der Waals surface area contributed by atoms with E-state index in [1.54, 1.807) is 13.0 Å². The van der Waals surface area contributed by atoms with E-state index in [2.05, 4.69) is 15.6 Å². The minimum absolute atomic E-state index is 0.0323. The summed E-state index contributed by atoms with van der Waals surface area (Å²) in [5.74, 6) is -1.57. The van der Waals surface area contributed by atoms with Gasteiger partial charge in [0.1, 0.15) is 0 Å². The van der Waals surface area contributed by atoms with E-state index in [0.717, 1.165) is 4.68 Å². The molecule has 8 heteroatoms. The molecular weight excluding hydrogens is 264 g/mol. The predicted molar refractivity (Wildman–Crippen MR) is 69.3 cm³/mol. The van der Waals surface area contributed by atoms with Gasteiger partial charge in [0.25, 0.3) is 5.91 Å². The normalized spacial score (nSPS) is 10.2. The average Bonchev–Trinajstić information content (AvgIpc) is 2.79. The maximum Gasteiger partial charge on any atom is 0.362 e. The van der Waals surface area contributed by atoms with Crippen molar-refractivity contribution in [3.63, 3.8) is 0 Å². The number of rotatable bonds is 4. The van der Waals surface area contributed by atoms with Crippen molar-refractivity contribution in [2.24, 2.45) is 0 Å². The molecule has 0 spiro atoms. The molecule has 1 heterocycles. The molecule has 3 N–H and O–H groups in total. The maximum atomic E-state index is 12.1. The fourth-order valence-electron chi connectivity index (χ4n) is 1.71. The number of aromatic amines is 1. The van der Waals surface area contributed by atoms with Gasteiger partial charge in [0.15, 0.2) is 5.82 Å². The molecule has 2 aromatic rings. The van der Waals surface area contributed by atoms with Crippen molar-refractivity contribution < 1.29 is 14.7 Å². The molecule has 0 aliphatic carbocycles. The highest BCUT2D eigenvalue weighted by Crippen LogP contribution is 2.09. The van der Waals surface area contributed by atoms with Gasteiger partial charge in [-0.3, -0.25) is 10.2 Å². The lowest BCUT2D eigenvalue weighted by Gasteiger charge is -2.08. The third-order valence-corrected chi connectivity index (χ3v) is 2.67. The van der Waals surface area contributed by atoms with E-state index in [-0.39, 0.29) is 11.1 Å². The zero-order valence-corrected chi connectivity index (χ0v) is 10.6. The van der Waals surface area contributed by atoms with Crippen LogP contribution in [0.25, 0.3) is 0 Å². The smallest absolute Gasteiger partial charge is 0.362 e. The second kappa shape index (κ2) is 5.39. The number of carbonyl (C=O) groups is 2. The van der Waals surface area contributed by atoms with E-state index in [1.807, 2.05) is 0 Å². The molecule has 0 fully saturated rings. The van der Waals surface area contributed by atoms with Gasteiger partial charge >= 0.3 is 11.7 Å². The van der Waals surface area contributed by atoms with E-state index in [0.29, 0.717) is 12.2 Å². The zero-order chi connectivity index (χ0) is 14.7. The Morgan fingerprint density at radius 1 is 1.35 bits per heavy atom. The van der Waals surface area contributed by atoms with Gasteiger partial charge < -0.3 is 5.11 Å². The van der Waals surface area contributed by atoms with Crippen LogP contribution in [-0.4, -0.2) is 31.9 Å². The van der Waals surface area contributed by atoms with Crippen molar-refractivity contribution in [1.82, 2.24) is 14.9 Å². The topological polar surface area (TPSA) is 117 Å². The summed E-state index contributed by atoms with van der Waals surface area (Å²) in [5.41, 5.74) is 1.56. The molecule has 0 radical (unpaired) electrons. The van der Waals surface area contributed by atoms with Crippen molar-refractivity contribution in [3.05, 3.63) is 51.7 Å². The van der Waals surface area contributed by atoms with E-state index in [9.17, 15) is 14.4 Å². The number of hydrogen-bond acceptors (Lipinski definition) is 4. The molecule has 2 rings (SSSR count). The van der Waals surface area contributed by atoms with Gasteiger partial charge in [0.2, 0.25) is 0 Å². The summed E-state index contributed by atoms with van der Waals surface area (Å²) >= 11 is 0. The van der Waals surface area contributed by atoms with Gasteiger partial charge in [-0.2, -0.15) is 9.77 Å². The minimum atomic E-state index is -1.22. The molecule has 0 aliphatic heterocycles. The zero-order valence-electron chi connectivity index (χ0n) is 10.6. The first-order valence-electron chi connectivity index (χ1n) is 5.84. The summed E-state index contributed by atoms with van der Waals surface area (Å²) in [5, 5.41) is 15.0. The molecule has 20 heavy (non-hydrogen) atoms. The summed E-state index contributed by atoms with van der Waals surface area (Å²) < 4.78 is 0.959. The lowest BCUT2D eigenvalue weighted by Crippen LogP contribution is -2.33. The molecule has 1 aromatic heterocycles. The average molecular weight is 276 g/mol. The number of nitrogens with one attached hydrogen (secondary N) is 2. The number of carboxylic acids is 1. The van der Waals surface area contributed by atoms with E-state index < -0.39 is 17.6 Å². The Kier molecular flexibility index (Phi) is 3.65. The number of aromatic nitrogens is 3. The first-order valence-corrected chi connectivity index (χ1v) is 5.84. The van der Waals surface area contributed by atoms with Crippen molar-refractivity contribution in [3.8, 4) is 0 Å². The van der Waals surface area contributed by atoms with E-state index in [1.165, 1.54) is 18.2 Å². The number of benzene rings is 1. The first kappa shape index (κ1) is 13.5. The monoisotopic (exact) mass is 276 g/mol. The third-order valence-electron chi connectivity index (χ3n) is 2.67. The van der Waals surface area contributed by atoms with Gasteiger partial charge in [-0.25, -0.2) is 14.7 Å². The summed E-state index contributed by atoms with van der Waals surface area (Å²) in [4.78, 5) is 34.6. The second-order valence-corrected chi connectivity index (χ2v) is 3.93. The SMILES string of the molecule is CCc1n[nH]c(=O)n1NC(=O)c1ccccc1C(=O)O. The number of nitrogens with zero attached hydrogens (tertiary/aromatic N) is 2. The van der Waals surface area contributed by atoms with Gasteiger partial charge in [-0.05, 0) is 12.1 Å². The molecule has 0 saturated heterocycles. The van der Waals surface area contributed by atoms with Gasteiger partial charge in [-0.15, -0.1) is 0 Å². The number of carbonyl (C=O) groups excluding carboxylic acids is 1. The van der Waals surface area contributed by atoms with E-state index >= 15 is 0 Å².